The third kappa shape index (κ3) is 3.40. The predicted molar refractivity (Wildman–Crippen MR) is 120 cm³/mol. The van der Waals surface area contributed by atoms with E-state index in [2.05, 4.69) is 16.4 Å². The number of aliphatic hydroxyl groups is 1. The van der Waals surface area contributed by atoms with Crippen LogP contribution < -0.4 is 16.4 Å². The first-order chi connectivity index (χ1) is 16.1. The minimum Gasteiger partial charge on any atom is -0.465 e. The van der Waals surface area contributed by atoms with Gasteiger partial charge < -0.3 is 36.2 Å². The van der Waals surface area contributed by atoms with Crippen LogP contribution in [0.5, 0.6) is 0 Å². The highest BCUT2D eigenvalue weighted by molar-refractivity contribution is 6.26. The predicted octanol–water partition coefficient (Wildman–Crippen LogP) is 0.225. The summed E-state index contributed by atoms with van der Waals surface area (Å²) in [7, 11) is 1.56. The van der Waals surface area contributed by atoms with Gasteiger partial charge in [-0.1, -0.05) is 0 Å². The molecular formula is C23H26N4O7. The summed E-state index contributed by atoms with van der Waals surface area (Å²) >= 11 is 0. The van der Waals surface area contributed by atoms with Crippen molar-refractivity contribution in [3.05, 3.63) is 52.4 Å². The molecule has 4 aliphatic rings. The number of piperazine rings is 1. The molecule has 4 unspecified atom stereocenters. The van der Waals surface area contributed by atoms with Gasteiger partial charge in [-0.05, 0) is 38.1 Å². The number of nitrogens with two attached hydrogens (primary N) is 1. The van der Waals surface area contributed by atoms with E-state index >= 15 is 0 Å². The van der Waals surface area contributed by atoms with E-state index in [0.29, 0.717) is 34.6 Å². The lowest BCUT2D eigenvalue weighted by Gasteiger charge is -2.39. The van der Waals surface area contributed by atoms with E-state index in [1.807, 2.05) is 4.90 Å². The van der Waals surface area contributed by atoms with Crippen LogP contribution in [0.15, 0.2) is 46.8 Å². The van der Waals surface area contributed by atoms with Gasteiger partial charge in [-0.2, -0.15) is 0 Å². The zero-order valence-electron chi connectivity index (χ0n) is 18.9. The fraction of sp³-hybridized carbons (Fsp3) is 0.391. The molecule has 34 heavy (non-hydrogen) atoms. The van der Waals surface area contributed by atoms with Crippen molar-refractivity contribution >= 4 is 29.1 Å². The maximum absolute atomic E-state index is 13.5. The molecule has 3 heterocycles. The van der Waals surface area contributed by atoms with Crippen LogP contribution in [0, 0.1) is 5.92 Å². The Kier molecular flexibility index (Phi) is 5.80. The number of primary amides is 1. The van der Waals surface area contributed by atoms with Gasteiger partial charge in [-0.25, -0.2) is 4.79 Å². The molecule has 0 aromatic heterocycles. The largest absolute Gasteiger partial charge is 0.465 e. The van der Waals surface area contributed by atoms with Gasteiger partial charge in [0.15, 0.2) is 11.5 Å². The summed E-state index contributed by atoms with van der Waals surface area (Å²) < 4.78 is 5.88. The topological polar surface area (TPSA) is 181 Å². The van der Waals surface area contributed by atoms with Crippen LogP contribution in [0.3, 0.4) is 0 Å². The van der Waals surface area contributed by atoms with Gasteiger partial charge >= 0.3 is 6.09 Å². The number of anilines is 1. The quantitative estimate of drug-likeness (QED) is 0.227. The van der Waals surface area contributed by atoms with Gasteiger partial charge in [-0.15, -0.1) is 0 Å². The van der Waals surface area contributed by atoms with Crippen LogP contribution in [0.25, 0.3) is 0 Å². The average molecular weight is 470 g/mol. The fourth-order valence-electron chi connectivity index (χ4n) is 5.23. The van der Waals surface area contributed by atoms with Gasteiger partial charge in [0.25, 0.3) is 0 Å². The highest BCUT2D eigenvalue weighted by Crippen LogP contribution is 2.55. The minimum absolute atomic E-state index is 0.0262. The fourth-order valence-corrected chi connectivity index (χ4v) is 5.23. The molecule has 11 heteroatoms. The average Bonchev–Trinajstić information content (AvgIpc) is 3.40. The zero-order chi connectivity index (χ0) is 24.9. The number of methoxy groups -OCH3 is 1. The summed E-state index contributed by atoms with van der Waals surface area (Å²) in [5, 5.41) is 23.8. The first kappa shape index (κ1) is 23.6. The van der Waals surface area contributed by atoms with Crippen molar-refractivity contribution in [1.29, 1.82) is 0 Å². The molecule has 5 rings (SSSR count). The zero-order valence-corrected chi connectivity index (χ0v) is 18.9. The molecule has 3 aliphatic heterocycles. The Hall–Kier alpha value is -3.54. The molecule has 1 aromatic rings. The first-order valence-corrected chi connectivity index (χ1v) is 10.7. The lowest BCUT2D eigenvalue weighted by Crippen LogP contribution is -2.54. The number of carboxylic acid groups (broad SMARTS) is 1. The Balaban J connectivity index is 0.000000636. The lowest BCUT2D eigenvalue weighted by atomic mass is 9.82. The number of rotatable bonds is 5. The SMILES string of the molecule is COC12C(CO)C3=C(C(=O)C(C)=C(Nc4ccc(C(C)=O)cc4)C3=O)N1CC1NC12.NC(=O)O. The van der Waals surface area contributed by atoms with Crippen molar-refractivity contribution in [2.24, 2.45) is 11.7 Å². The molecular weight excluding hydrogens is 444 g/mol. The summed E-state index contributed by atoms with van der Waals surface area (Å²) in [6, 6.07) is 6.90. The van der Waals surface area contributed by atoms with E-state index in [0.717, 1.165) is 0 Å². The van der Waals surface area contributed by atoms with Crippen molar-refractivity contribution in [1.82, 2.24) is 10.2 Å². The van der Waals surface area contributed by atoms with Crippen molar-refractivity contribution in [2.75, 3.05) is 25.6 Å². The van der Waals surface area contributed by atoms with Crippen molar-refractivity contribution < 1.29 is 34.1 Å². The second kappa shape index (κ2) is 8.35. The van der Waals surface area contributed by atoms with E-state index in [9.17, 15) is 19.5 Å². The number of carbonyl (C=O) groups excluding carboxylic acids is 3. The maximum Gasteiger partial charge on any atom is 0.402 e. The number of ketones is 3. The van der Waals surface area contributed by atoms with Crippen LogP contribution in [0.1, 0.15) is 24.2 Å². The van der Waals surface area contributed by atoms with E-state index in [-0.39, 0.29) is 41.7 Å². The molecule has 180 valence electrons. The standard InChI is InChI=1S/C22H23N3O5.CH3NO2/c1-10-17(23-13-6-4-12(5-7-13)11(2)27)20(29)16-14(9-26)22(30-3)21-15(24-21)8-25(22)18(16)19(10)28;2-1(3)4/h4-7,14-15,21,23-24,26H,8-9H2,1-3H3;2H2,(H,3,4). The van der Waals surface area contributed by atoms with Crippen LogP contribution in [0.4, 0.5) is 10.5 Å². The number of amides is 1. The Bertz CT molecular complexity index is 1150. The number of allylic oxidation sites excluding steroid dienone is 2. The third-order valence-corrected chi connectivity index (χ3v) is 6.78. The minimum atomic E-state index is -1.33. The number of nitrogens with one attached hydrogen (secondary N) is 2. The van der Waals surface area contributed by atoms with Crippen molar-refractivity contribution in [2.45, 2.75) is 31.7 Å². The van der Waals surface area contributed by atoms with Crippen LogP contribution in [-0.2, 0) is 14.3 Å². The Morgan fingerprint density at radius 3 is 2.41 bits per heavy atom. The summed E-state index contributed by atoms with van der Waals surface area (Å²) in [6.07, 6.45) is -1.33. The van der Waals surface area contributed by atoms with Crippen molar-refractivity contribution in [3.8, 4) is 0 Å². The Labute approximate surface area is 195 Å². The molecule has 1 aliphatic carbocycles. The number of hydrogen-bond acceptors (Lipinski definition) is 9. The smallest absolute Gasteiger partial charge is 0.402 e. The monoisotopic (exact) mass is 470 g/mol. The molecule has 0 radical (unpaired) electrons. The first-order valence-electron chi connectivity index (χ1n) is 10.7. The van der Waals surface area contributed by atoms with E-state index in [1.54, 1.807) is 38.3 Å². The van der Waals surface area contributed by atoms with E-state index < -0.39 is 17.7 Å². The molecule has 1 amide bonds. The number of Topliss-reactive ketones (excluding diaryl/α,β-unsaturated/α-hetero) is 3. The van der Waals surface area contributed by atoms with Crippen molar-refractivity contribution in [3.63, 3.8) is 0 Å². The molecule has 0 spiro atoms. The van der Waals surface area contributed by atoms with Crippen LogP contribution >= 0.6 is 0 Å². The molecule has 1 aromatic carbocycles. The lowest BCUT2D eigenvalue weighted by molar-refractivity contribution is -0.137. The number of aliphatic hydroxyl groups excluding tert-OH is 1. The summed E-state index contributed by atoms with van der Waals surface area (Å²) in [5.41, 5.74) is 5.45. The second-order valence-electron chi connectivity index (χ2n) is 8.57. The Morgan fingerprint density at radius 1 is 1.26 bits per heavy atom. The normalized spacial score (nSPS) is 28.7. The highest BCUT2D eigenvalue weighted by atomic mass is 16.5. The summed E-state index contributed by atoms with van der Waals surface area (Å²) in [6.45, 7) is 3.38. The molecule has 2 saturated heterocycles. The highest BCUT2D eigenvalue weighted by Gasteiger charge is 2.72. The number of fused-ring (bicyclic) bond motifs is 4. The van der Waals surface area contributed by atoms with E-state index in [1.165, 1.54) is 6.92 Å². The van der Waals surface area contributed by atoms with Gasteiger partial charge in [0, 0.05) is 42.1 Å². The number of nitrogens with zero attached hydrogens (tertiary/aromatic N) is 1. The van der Waals surface area contributed by atoms with Gasteiger partial charge in [0.05, 0.1) is 30.0 Å². The second-order valence-corrected chi connectivity index (χ2v) is 8.57. The third-order valence-electron chi connectivity index (χ3n) is 6.78. The number of carbonyl (C=O) groups is 4. The van der Waals surface area contributed by atoms with Gasteiger partial charge in [0.1, 0.15) is 0 Å². The summed E-state index contributed by atoms with van der Waals surface area (Å²) in [4.78, 5) is 49.0. The molecule has 2 fully saturated rings. The molecule has 0 saturated carbocycles. The van der Waals surface area contributed by atoms with E-state index in [4.69, 9.17) is 14.6 Å². The molecule has 0 bridgehead atoms. The van der Waals surface area contributed by atoms with Gasteiger partial charge in [-0.3, -0.25) is 14.4 Å². The molecule has 11 nitrogen and oxygen atoms in total. The van der Waals surface area contributed by atoms with Gasteiger partial charge in [0.2, 0.25) is 11.6 Å². The van der Waals surface area contributed by atoms with Crippen LogP contribution in [0.2, 0.25) is 0 Å². The van der Waals surface area contributed by atoms with Crippen LogP contribution in [-0.4, -0.2) is 76.6 Å². The number of ether oxygens (including phenoxy) is 1. The number of hydrogen-bond donors (Lipinski definition) is 5. The maximum atomic E-state index is 13.5. The summed E-state index contributed by atoms with van der Waals surface area (Å²) in [5.74, 6) is -1.21. The molecule has 4 atom stereocenters. The Morgan fingerprint density at radius 2 is 1.88 bits per heavy atom. The number of benzene rings is 1. The molecule has 6 N–H and O–H groups in total.